The van der Waals surface area contributed by atoms with E-state index in [1.165, 1.54) is 55.7 Å². The molecule has 9 heteroatoms. The maximum absolute atomic E-state index is 13.7. The molecule has 0 radical (unpaired) electrons. The molecule has 0 bridgehead atoms. The molecule has 0 saturated carbocycles. The lowest BCUT2D eigenvalue weighted by Gasteiger charge is -2.13. The van der Waals surface area contributed by atoms with Gasteiger partial charge in [-0.25, -0.2) is 4.79 Å². The van der Waals surface area contributed by atoms with Crippen LogP contribution in [0.15, 0.2) is 82.0 Å². The molecule has 0 aliphatic rings. The number of fused-ring (bicyclic) bond motifs is 1. The van der Waals surface area contributed by atoms with E-state index in [0.717, 1.165) is 17.2 Å². The molecule has 6 nitrogen and oxygen atoms in total. The van der Waals surface area contributed by atoms with E-state index in [-0.39, 0.29) is 16.9 Å². The normalized spacial score (nSPS) is 11.6. The highest BCUT2D eigenvalue weighted by Gasteiger charge is 2.40. The summed E-state index contributed by atoms with van der Waals surface area (Å²) in [7, 11) is 1.43. The first kappa shape index (κ1) is 24.6. The molecule has 36 heavy (non-hydrogen) atoms. The highest BCUT2D eigenvalue weighted by atomic mass is 19.4. The number of esters is 1. The molecule has 184 valence electrons. The van der Waals surface area contributed by atoms with Crippen LogP contribution in [0, 0.1) is 6.92 Å². The summed E-state index contributed by atoms with van der Waals surface area (Å²) in [5, 5.41) is -0.179. The minimum Gasteiger partial charge on any atom is -0.497 e. The van der Waals surface area contributed by atoms with Crippen LogP contribution >= 0.6 is 0 Å². The number of alkyl halides is 3. The van der Waals surface area contributed by atoms with Crippen molar-refractivity contribution in [1.82, 2.24) is 0 Å². The largest absolute Gasteiger partial charge is 0.497 e. The van der Waals surface area contributed by atoms with Crippen molar-refractivity contribution < 1.29 is 36.6 Å². The van der Waals surface area contributed by atoms with E-state index in [1.807, 2.05) is 31.2 Å². The number of carbonyl (C=O) groups excluding carboxylic acids is 1. The summed E-state index contributed by atoms with van der Waals surface area (Å²) in [6.07, 6.45) is -2.32. The molecule has 4 rings (SSSR count). The third-order valence-corrected chi connectivity index (χ3v) is 5.07. The number of aryl methyl sites for hydroxylation is 1. The second kappa shape index (κ2) is 9.99. The van der Waals surface area contributed by atoms with E-state index in [1.54, 1.807) is 0 Å². The number of hydrogen-bond donors (Lipinski definition) is 0. The second-order valence-electron chi connectivity index (χ2n) is 7.69. The monoisotopic (exact) mass is 496 g/mol. The van der Waals surface area contributed by atoms with E-state index >= 15 is 0 Å². The number of methoxy groups -OCH3 is 1. The van der Waals surface area contributed by atoms with Crippen molar-refractivity contribution in [2.24, 2.45) is 0 Å². The minimum absolute atomic E-state index is 0.0149. The summed E-state index contributed by atoms with van der Waals surface area (Å²) in [6.45, 7) is 1.93. The van der Waals surface area contributed by atoms with E-state index < -0.39 is 34.7 Å². The van der Waals surface area contributed by atoms with E-state index in [0.29, 0.717) is 5.75 Å². The highest BCUT2D eigenvalue weighted by molar-refractivity contribution is 5.89. The number of rotatable bonds is 6. The molecular weight excluding hydrogens is 477 g/mol. The first-order valence-electron chi connectivity index (χ1n) is 10.6. The van der Waals surface area contributed by atoms with Gasteiger partial charge in [0, 0.05) is 12.1 Å². The molecule has 4 aromatic rings. The summed E-state index contributed by atoms with van der Waals surface area (Å²) in [6, 6.07) is 16.6. The predicted molar refractivity (Wildman–Crippen MR) is 126 cm³/mol. The lowest BCUT2D eigenvalue weighted by Crippen LogP contribution is -2.15. The Hall–Kier alpha value is -4.53. The molecule has 0 saturated heterocycles. The quantitative estimate of drug-likeness (QED) is 0.171. The van der Waals surface area contributed by atoms with Crippen molar-refractivity contribution in [2.45, 2.75) is 13.1 Å². The molecule has 0 fully saturated rings. The Morgan fingerprint density at radius 2 is 1.56 bits per heavy atom. The molecule has 0 atom stereocenters. The van der Waals surface area contributed by atoms with Gasteiger partial charge in [-0.1, -0.05) is 29.8 Å². The number of halogens is 3. The lowest BCUT2D eigenvalue weighted by molar-refractivity contribution is -0.154. The molecule has 1 aromatic heterocycles. The summed E-state index contributed by atoms with van der Waals surface area (Å²) < 4.78 is 61.7. The van der Waals surface area contributed by atoms with Crippen molar-refractivity contribution >= 4 is 23.0 Å². The van der Waals surface area contributed by atoms with E-state index in [9.17, 15) is 22.8 Å². The van der Waals surface area contributed by atoms with Crippen molar-refractivity contribution in [1.29, 1.82) is 0 Å². The van der Waals surface area contributed by atoms with Gasteiger partial charge in [0.25, 0.3) is 5.76 Å². The third kappa shape index (κ3) is 5.57. The van der Waals surface area contributed by atoms with Crippen molar-refractivity contribution in [3.8, 4) is 23.0 Å². The molecule has 1 heterocycles. The first-order chi connectivity index (χ1) is 17.1. The predicted octanol–water partition coefficient (Wildman–Crippen LogP) is 6.54. The summed E-state index contributed by atoms with van der Waals surface area (Å²) in [5.74, 6) is -3.03. The smallest absolute Gasteiger partial charge is 0.453 e. The van der Waals surface area contributed by atoms with Gasteiger partial charge in [0.15, 0.2) is 0 Å². The summed E-state index contributed by atoms with van der Waals surface area (Å²) in [5.41, 5.74) is 0.378. The number of ether oxygens (including phenoxy) is 3. The first-order valence-corrected chi connectivity index (χ1v) is 10.6. The van der Waals surface area contributed by atoms with Gasteiger partial charge in [0.05, 0.1) is 12.5 Å². The molecule has 3 aromatic carbocycles. The average Bonchev–Trinajstić information content (AvgIpc) is 2.85. The average molecular weight is 496 g/mol. The van der Waals surface area contributed by atoms with Crippen LogP contribution in [-0.4, -0.2) is 13.1 Å². The third-order valence-electron chi connectivity index (χ3n) is 5.07. The summed E-state index contributed by atoms with van der Waals surface area (Å²) >= 11 is 0. The van der Waals surface area contributed by atoms with Crippen molar-refractivity contribution in [2.75, 3.05) is 7.11 Å². The standard InChI is InChI=1S/C27H19F3O6/c1-16-3-5-17(6-4-16)7-14-23(31)34-20-12-13-21-22(15-20)36-26(27(28,29)30)25(24(21)32)35-19-10-8-18(33-2)9-11-19/h3-15H,1-2H3. The Labute approximate surface area is 203 Å². The maximum atomic E-state index is 13.7. The van der Waals surface area contributed by atoms with Crippen LogP contribution in [0.25, 0.3) is 17.0 Å². The lowest BCUT2D eigenvalue weighted by atomic mass is 10.1. The topological polar surface area (TPSA) is 75.0 Å². The van der Waals surface area contributed by atoms with Gasteiger partial charge < -0.3 is 18.6 Å². The van der Waals surface area contributed by atoms with Gasteiger partial charge in [-0.05, 0) is 55.0 Å². The van der Waals surface area contributed by atoms with E-state index in [4.69, 9.17) is 18.6 Å². The van der Waals surface area contributed by atoms with Crippen molar-refractivity contribution in [3.05, 3.63) is 99.9 Å². The van der Waals surface area contributed by atoms with Gasteiger partial charge in [-0.15, -0.1) is 0 Å². The van der Waals surface area contributed by atoms with Crippen LogP contribution in [0.3, 0.4) is 0 Å². The summed E-state index contributed by atoms with van der Waals surface area (Å²) in [4.78, 5) is 25.1. The van der Waals surface area contributed by atoms with Crippen LogP contribution in [0.2, 0.25) is 0 Å². The van der Waals surface area contributed by atoms with Crippen LogP contribution < -0.4 is 19.6 Å². The van der Waals surface area contributed by atoms with Crippen LogP contribution in [0.4, 0.5) is 13.2 Å². The Bertz CT molecular complexity index is 1480. The Morgan fingerprint density at radius 1 is 0.917 bits per heavy atom. The SMILES string of the molecule is COc1ccc(Oc2c(C(F)(F)F)oc3cc(OC(=O)C=Cc4ccc(C)cc4)ccc3c2=O)cc1. The number of hydrogen-bond acceptors (Lipinski definition) is 6. The maximum Gasteiger partial charge on any atom is 0.453 e. The highest BCUT2D eigenvalue weighted by Crippen LogP contribution is 2.38. The Morgan fingerprint density at radius 3 is 2.19 bits per heavy atom. The van der Waals surface area contributed by atoms with Gasteiger partial charge in [-0.3, -0.25) is 4.79 Å². The van der Waals surface area contributed by atoms with Gasteiger partial charge in [0.2, 0.25) is 11.2 Å². The zero-order valence-corrected chi connectivity index (χ0v) is 19.1. The van der Waals surface area contributed by atoms with Gasteiger partial charge in [0.1, 0.15) is 22.8 Å². The number of carbonyl (C=O) groups is 1. The Kier molecular flexibility index (Phi) is 6.82. The molecule has 0 aliphatic heterocycles. The molecule has 0 unspecified atom stereocenters. The van der Waals surface area contributed by atoms with Gasteiger partial charge in [-0.2, -0.15) is 13.2 Å². The molecular formula is C27H19F3O6. The second-order valence-corrected chi connectivity index (χ2v) is 7.69. The minimum atomic E-state index is -5.03. The molecule has 0 N–H and O–H groups in total. The fourth-order valence-electron chi connectivity index (χ4n) is 3.25. The fourth-order valence-corrected chi connectivity index (χ4v) is 3.25. The van der Waals surface area contributed by atoms with Crippen molar-refractivity contribution in [3.63, 3.8) is 0 Å². The van der Waals surface area contributed by atoms with E-state index in [2.05, 4.69) is 0 Å². The molecule has 0 aliphatic carbocycles. The molecule has 0 amide bonds. The number of benzene rings is 3. The zero-order chi connectivity index (χ0) is 25.9. The Balaban J connectivity index is 1.64. The van der Waals surface area contributed by atoms with Crippen LogP contribution in [0.5, 0.6) is 23.0 Å². The van der Waals surface area contributed by atoms with Crippen LogP contribution in [0.1, 0.15) is 16.9 Å². The molecule has 0 spiro atoms. The zero-order valence-electron chi connectivity index (χ0n) is 19.1. The van der Waals surface area contributed by atoms with Gasteiger partial charge >= 0.3 is 12.1 Å². The van der Waals surface area contributed by atoms with Crippen LogP contribution in [-0.2, 0) is 11.0 Å². The fraction of sp³-hybridized carbons (Fsp3) is 0.111.